The van der Waals surface area contributed by atoms with Crippen LogP contribution < -0.4 is 15.4 Å². The topological polar surface area (TPSA) is 58.5 Å². The fraction of sp³-hybridized carbons (Fsp3) is 0.667. The average Bonchev–Trinajstić information content (AvgIpc) is 2.56. The second-order valence-corrected chi connectivity index (χ2v) is 6.23. The van der Waals surface area contributed by atoms with Crippen molar-refractivity contribution in [2.75, 3.05) is 13.1 Å². The van der Waals surface area contributed by atoms with Crippen molar-refractivity contribution in [2.24, 2.45) is 10.9 Å². The third-order valence-electron chi connectivity index (χ3n) is 4.16. The number of aromatic nitrogens is 1. The van der Waals surface area contributed by atoms with Crippen LogP contribution in [0.4, 0.5) is 0 Å². The molecule has 6 heteroatoms. The highest BCUT2D eigenvalue weighted by Gasteiger charge is 2.19. The van der Waals surface area contributed by atoms with E-state index in [9.17, 15) is 0 Å². The molecule has 5 nitrogen and oxygen atoms in total. The van der Waals surface area contributed by atoms with E-state index in [1.54, 1.807) is 0 Å². The molecule has 0 saturated heterocycles. The van der Waals surface area contributed by atoms with Crippen LogP contribution in [0.5, 0.6) is 5.88 Å². The predicted octanol–water partition coefficient (Wildman–Crippen LogP) is 3.73. The van der Waals surface area contributed by atoms with Crippen molar-refractivity contribution in [2.45, 2.75) is 59.1 Å². The molecule has 2 rings (SSSR count). The van der Waals surface area contributed by atoms with Crippen LogP contribution in [0.15, 0.2) is 23.3 Å². The van der Waals surface area contributed by atoms with Gasteiger partial charge in [-0.05, 0) is 57.1 Å². The number of nitrogens with zero attached hydrogens (tertiary/aromatic N) is 2. The fourth-order valence-corrected chi connectivity index (χ4v) is 2.81. The molecule has 136 valence electrons. The van der Waals surface area contributed by atoms with Crippen molar-refractivity contribution in [3.05, 3.63) is 23.9 Å². The van der Waals surface area contributed by atoms with Gasteiger partial charge in [-0.15, -0.1) is 24.0 Å². The van der Waals surface area contributed by atoms with Crippen molar-refractivity contribution < 1.29 is 4.74 Å². The van der Waals surface area contributed by atoms with E-state index < -0.39 is 0 Å². The Labute approximate surface area is 163 Å². The molecule has 24 heavy (non-hydrogen) atoms. The second kappa shape index (κ2) is 11.5. The molecule has 1 saturated carbocycles. The summed E-state index contributed by atoms with van der Waals surface area (Å²) < 4.78 is 6.06. The number of halogens is 1. The van der Waals surface area contributed by atoms with Crippen molar-refractivity contribution in [1.82, 2.24) is 15.6 Å². The first kappa shape index (κ1) is 21.0. The maximum Gasteiger partial charge on any atom is 0.213 e. The number of hydrogen-bond donors (Lipinski definition) is 2. The largest absolute Gasteiger partial charge is 0.474 e. The van der Waals surface area contributed by atoms with Gasteiger partial charge in [0.05, 0.1) is 6.54 Å². The molecule has 1 aliphatic carbocycles. The third kappa shape index (κ3) is 7.23. The van der Waals surface area contributed by atoms with Crippen LogP contribution in [0.25, 0.3) is 0 Å². The lowest BCUT2D eigenvalue weighted by Crippen LogP contribution is -2.36. The van der Waals surface area contributed by atoms with Crippen molar-refractivity contribution in [3.63, 3.8) is 0 Å². The highest BCUT2D eigenvalue weighted by Crippen LogP contribution is 2.26. The van der Waals surface area contributed by atoms with Gasteiger partial charge >= 0.3 is 0 Å². The number of rotatable bonds is 6. The number of nitrogens with one attached hydrogen (secondary N) is 2. The molecule has 1 aromatic heterocycles. The van der Waals surface area contributed by atoms with Gasteiger partial charge in [-0.3, -0.25) is 0 Å². The molecule has 1 aliphatic rings. The molecule has 0 amide bonds. The van der Waals surface area contributed by atoms with E-state index in [2.05, 4.69) is 41.4 Å². The third-order valence-corrected chi connectivity index (χ3v) is 4.16. The first-order chi connectivity index (χ1) is 11.2. The molecule has 1 aromatic rings. The summed E-state index contributed by atoms with van der Waals surface area (Å²) in [5.41, 5.74) is 1.12. The van der Waals surface area contributed by atoms with E-state index >= 15 is 0 Å². The molecule has 0 aliphatic heterocycles. The van der Waals surface area contributed by atoms with Crippen LogP contribution in [0.3, 0.4) is 0 Å². The fourth-order valence-electron chi connectivity index (χ4n) is 2.81. The maximum atomic E-state index is 6.06. The summed E-state index contributed by atoms with van der Waals surface area (Å²) in [6.07, 6.45) is 6.90. The summed E-state index contributed by atoms with van der Waals surface area (Å²) in [5.74, 6) is 2.40. The summed E-state index contributed by atoms with van der Waals surface area (Å²) in [6, 6.07) is 4.01. The molecule has 1 fully saturated rings. The minimum atomic E-state index is 0. The van der Waals surface area contributed by atoms with Crippen LogP contribution >= 0.6 is 24.0 Å². The number of pyridine rings is 1. The van der Waals surface area contributed by atoms with Crippen LogP contribution in [-0.2, 0) is 6.54 Å². The normalized spacial score (nSPS) is 19.8. The molecule has 0 spiro atoms. The van der Waals surface area contributed by atoms with Gasteiger partial charge < -0.3 is 15.4 Å². The van der Waals surface area contributed by atoms with Crippen LogP contribution in [0.2, 0.25) is 0 Å². The Kier molecular flexibility index (Phi) is 10.1. The van der Waals surface area contributed by atoms with Gasteiger partial charge in [0, 0.05) is 25.4 Å². The zero-order valence-corrected chi connectivity index (χ0v) is 17.4. The van der Waals surface area contributed by atoms with Crippen molar-refractivity contribution >= 4 is 29.9 Å². The number of aliphatic imine (C=N–C) groups is 1. The molecule has 0 bridgehead atoms. The first-order valence-electron chi connectivity index (χ1n) is 8.85. The van der Waals surface area contributed by atoms with Gasteiger partial charge in [0.1, 0.15) is 6.10 Å². The summed E-state index contributed by atoms with van der Waals surface area (Å²) in [5, 5.41) is 6.46. The van der Waals surface area contributed by atoms with Gasteiger partial charge in [-0.25, -0.2) is 9.98 Å². The van der Waals surface area contributed by atoms with E-state index in [0.29, 0.717) is 12.6 Å². The molecule has 2 N–H and O–H groups in total. The van der Waals surface area contributed by atoms with Crippen LogP contribution in [0, 0.1) is 5.92 Å². The lowest BCUT2D eigenvalue weighted by molar-refractivity contribution is 0.130. The highest BCUT2D eigenvalue weighted by molar-refractivity contribution is 14.0. The number of hydrogen-bond acceptors (Lipinski definition) is 3. The summed E-state index contributed by atoms with van der Waals surface area (Å²) in [7, 11) is 0. The summed E-state index contributed by atoms with van der Waals surface area (Å²) >= 11 is 0. The molecular weight excluding hydrogens is 415 g/mol. The Morgan fingerprint density at radius 2 is 1.88 bits per heavy atom. The standard InChI is InChI=1S/C18H30N4O.HI/c1-4-19-18(20-5-2)22-13-15-10-11-21-17(12-15)23-16-8-6-14(3)7-9-16;/h10-12,14,16H,4-9,13H2,1-3H3,(H2,19,20,22);1H. The second-order valence-electron chi connectivity index (χ2n) is 6.23. The number of ether oxygens (including phenoxy) is 1. The molecule has 1 heterocycles. The minimum Gasteiger partial charge on any atom is -0.474 e. The smallest absolute Gasteiger partial charge is 0.213 e. The number of guanidine groups is 1. The van der Waals surface area contributed by atoms with Gasteiger partial charge in [0.2, 0.25) is 5.88 Å². The Morgan fingerprint density at radius 3 is 2.50 bits per heavy atom. The van der Waals surface area contributed by atoms with Gasteiger partial charge in [-0.2, -0.15) is 0 Å². The predicted molar refractivity (Wildman–Crippen MR) is 110 cm³/mol. The quantitative estimate of drug-likeness (QED) is 0.397. The van der Waals surface area contributed by atoms with Crippen molar-refractivity contribution in [3.8, 4) is 5.88 Å². The lowest BCUT2D eigenvalue weighted by atomic mass is 9.89. The highest BCUT2D eigenvalue weighted by atomic mass is 127. The SMILES string of the molecule is CCNC(=NCc1ccnc(OC2CCC(C)CC2)c1)NCC.I. The molecule has 0 radical (unpaired) electrons. The summed E-state index contributed by atoms with van der Waals surface area (Å²) in [4.78, 5) is 8.93. The van der Waals surface area contributed by atoms with E-state index in [0.717, 1.165) is 49.3 Å². The van der Waals surface area contributed by atoms with Gasteiger partial charge in [0.15, 0.2) is 5.96 Å². The van der Waals surface area contributed by atoms with Crippen LogP contribution in [0.1, 0.15) is 52.0 Å². The lowest BCUT2D eigenvalue weighted by Gasteiger charge is -2.26. The van der Waals surface area contributed by atoms with E-state index in [4.69, 9.17) is 4.74 Å². The molecule has 0 unspecified atom stereocenters. The Balaban J connectivity index is 0.00000288. The minimum absolute atomic E-state index is 0. The Bertz CT molecular complexity index is 494. The first-order valence-corrected chi connectivity index (χ1v) is 8.85. The maximum absolute atomic E-state index is 6.06. The van der Waals surface area contributed by atoms with Crippen LogP contribution in [-0.4, -0.2) is 30.1 Å². The van der Waals surface area contributed by atoms with E-state index in [-0.39, 0.29) is 24.0 Å². The molecular formula is C18H31IN4O. The zero-order valence-electron chi connectivity index (χ0n) is 15.0. The molecule has 0 atom stereocenters. The molecule has 0 aromatic carbocycles. The van der Waals surface area contributed by atoms with Gasteiger partial charge in [0.25, 0.3) is 0 Å². The van der Waals surface area contributed by atoms with Gasteiger partial charge in [-0.1, -0.05) is 6.92 Å². The Morgan fingerprint density at radius 1 is 1.21 bits per heavy atom. The average molecular weight is 446 g/mol. The Hall–Kier alpha value is -1.05. The zero-order chi connectivity index (χ0) is 16.5. The van der Waals surface area contributed by atoms with Crippen molar-refractivity contribution in [1.29, 1.82) is 0 Å². The van der Waals surface area contributed by atoms with E-state index in [1.807, 2.05) is 18.3 Å². The monoisotopic (exact) mass is 446 g/mol. The summed E-state index contributed by atoms with van der Waals surface area (Å²) in [6.45, 7) is 8.79. The van der Waals surface area contributed by atoms with E-state index in [1.165, 1.54) is 12.8 Å².